The Balaban J connectivity index is 1.56. The molecule has 31 heavy (non-hydrogen) atoms. The maximum atomic E-state index is 12.8. The molecule has 0 spiro atoms. The Morgan fingerprint density at radius 2 is 1.97 bits per heavy atom. The second-order valence-electron chi connectivity index (χ2n) is 7.56. The lowest BCUT2D eigenvalue weighted by atomic mass is 10.1. The number of fused-ring (bicyclic) bond motifs is 1. The van der Waals surface area contributed by atoms with Crippen molar-refractivity contribution in [2.24, 2.45) is 0 Å². The van der Waals surface area contributed by atoms with E-state index in [2.05, 4.69) is 40.1 Å². The average molecular weight is 441 g/mol. The predicted molar refractivity (Wildman–Crippen MR) is 126 cm³/mol. The van der Waals surface area contributed by atoms with Gasteiger partial charge in [0.15, 0.2) is 5.13 Å². The number of rotatable bonds is 7. The number of carbonyl (C=O) groups excluding carboxylic acids is 1. The number of aromatic nitrogens is 1. The number of hydrogen-bond donors (Lipinski definition) is 1. The Kier molecular flexibility index (Phi) is 6.70. The minimum Gasteiger partial charge on any atom is -0.494 e. The van der Waals surface area contributed by atoms with E-state index < -0.39 is 0 Å². The summed E-state index contributed by atoms with van der Waals surface area (Å²) in [5.41, 5.74) is 3.66. The number of morpholine rings is 1. The molecule has 1 aliphatic rings. The molecule has 8 heteroatoms. The molecule has 0 atom stereocenters. The van der Waals surface area contributed by atoms with E-state index in [9.17, 15) is 4.79 Å². The zero-order valence-corrected chi connectivity index (χ0v) is 19.0. The summed E-state index contributed by atoms with van der Waals surface area (Å²) in [6, 6.07) is 11.7. The molecule has 2 aromatic carbocycles. The summed E-state index contributed by atoms with van der Waals surface area (Å²) < 4.78 is 12.0. The first-order chi connectivity index (χ1) is 15.1. The van der Waals surface area contributed by atoms with Crippen molar-refractivity contribution in [2.45, 2.75) is 13.5 Å². The van der Waals surface area contributed by atoms with E-state index in [4.69, 9.17) is 9.47 Å². The minimum absolute atomic E-state index is 0.165. The summed E-state index contributed by atoms with van der Waals surface area (Å²) in [6.07, 6.45) is 0. The monoisotopic (exact) mass is 440 g/mol. The molecule has 4 rings (SSSR count). The van der Waals surface area contributed by atoms with Gasteiger partial charge in [0.25, 0.3) is 5.91 Å². The number of nitrogens with one attached hydrogen (secondary N) is 1. The average Bonchev–Trinajstić information content (AvgIpc) is 3.22. The minimum atomic E-state index is -0.165. The van der Waals surface area contributed by atoms with Crippen LogP contribution in [0.3, 0.4) is 0 Å². The number of thiazole rings is 1. The third-order valence-corrected chi connectivity index (χ3v) is 6.48. The standard InChI is InChI=1S/C23H28N4O3S/c1-4-26(2)15-16-5-7-17(8-6-16)22(28)25-23-24-20-19(29-3)10-9-18(21(20)31-23)27-11-13-30-14-12-27/h5-10H,4,11-15H2,1-3H3,(H,24,25,28). The third kappa shape index (κ3) is 4.81. The Morgan fingerprint density at radius 3 is 2.65 bits per heavy atom. The normalized spacial score (nSPS) is 14.3. The van der Waals surface area contributed by atoms with Crippen LogP contribution in [-0.2, 0) is 11.3 Å². The third-order valence-electron chi connectivity index (χ3n) is 5.49. The summed E-state index contributed by atoms with van der Waals surface area (Å²) in [6.45, 7) is 7.05. The number of carbonyl (C=O) groups is 1. The van der Waals surface area contributed by atoms with Gasteiger partial charge in [-0.25, -0.2) is 4.98 Å². The molecular weight excluding hydrogens is 412 g/mol. The molecule has 0 aliphatic carbocycles. The van der Waals surface area contributed by atoms with Gasteiger partial charge >= 0.3 is 0 Å². The highest BCUT2D eigenvalue weighted by Crippen LogP contribution is 2.39. The van der Waals surface area contributed by atoms with Crippen molar-refractivity contribution in [3.63, 3.8) is 0 Å². The van der Waals surface area contributed by atoms with Gasteiger partial charge < -0.3 is 19.3 Å². The Bertz CT molecular complexity index is 1040. The zero-order chi connectivity index (χ0) is 21.8. The fraction of sp³-hybridized carbons (Fsp3) is 0.391. The van der Waals surface area contributed by atoms with Gasteiger partial charge in [-0.2, -0.15) is 0 Å². The van der Waals surface area contributed by atoms with Crippen molar-refractivity contribution < 1.29 is 14.3 Å². The summed E-state index contributed by atoms with van der Waals surface area (Å²) in [4.78, 5) is 22.0. The summed E-state index contributed by atoms with van der Waals surface area (Å²) >= 11 is 1.47. The van der Waals surface area contributed by atoms with Gasteiger partial charge in [-0.15, -0.1) is 0 Å². The van der Waals surface area contributed by atoms with Crippen LogP contribution in [0, 0.1) is 0 Å². The van der Waals surface area contributed by atoms with Crippen LogP contribution in [0.1, 0.15) is 22.8 Å². The summed E-state index contributed by atoms with van der Waals surface area (Å²) in [5, 5.41) is 3.52. The molecule has 0 radical (unpaired) electrons. The second kappa shape index (κ2) is 9.64. The highest BCUT2D eigenvalue weighted by molar-refractivity contribution is 7.23. The van der Waals surface area contributed by atoms with Gasteiger partial charge in [0.05, 0.1) is 30.7 Å². The van der Waals surface area contributed by atoms with Crippen molar-refractivity contribution in [3.05, 3.63) is 47.5 Å². The fourth-order valence-corrected chi connectivity index (χ4v) is 4.61. The predicted octanol–water partition coefficient (Wildman–Crippen LogP) is 3.85. The van der Waals surface area contributed by atoms with Crippen LogP contribution in [0.25, 0.3) is 10.2 Å². The van der Waals surface area contributed by atoms with Crippen LogP contribution in [-0.4, -0.2) is 62.8 Å². The molecule has 2 heterocycles. The van der Waals surface area contributed by atoms with Gasteiger partial charge in [0.1, 0.15) is 11.3 Å². The van der Waals surface area contributed by atoms with Crippen LogP contribution in [0.5, 0.6) is 5.75 Å². The molecule has 1 N–H and O–H groups in total. The summed E-state index contributed by atoms with van der Waals surface area (Å²) in [7, 11) is 3.71. The topological polar surface area (TPSA) is 66.9 Å². The molecular formula is C23H28N4O3S. The van der Waals surface area contributed by atoms with Crippen LogP contribution in [0.2, 0.25) is 0 Å². The largest absolute Gasteiger partial charge is 0.494 e. The first-order valence-electron chi connectivity index (χ1n) is 10.5. The highest BCUT2D eigenvalue weighted by Gasteiger charge is 2.20. The van der Waals surface area contributed by atoms with Crippen LogP contribution < -0.4 is 15.0 Å². The van der Waals surface area contributed by atoms with E-state index in [0.717, 1.165) is 42.1 Å². The first kappa shape index (κ1) is 21.5. The number of ether oxygens (including phenoxy) is 2. The number of benzene rings is 2. The first-order valence-corrected chi connectivity index (χ1v) is 11.3. The molecule has 0 unspecified atom stereocenters. The number of hydrogen-bond acceptors (Lipinski definition) is 7. The molecule has 164 valence electrons. The van der Waals surface area contributed by atoms with E-state index in [0.29, 0.717) is 29.7 Å². The fourth-order valence-electron chi connectivity index (χ4n) is 3.60. The quantitative estimate of drug-likeness (QED) is 0.602. The smallest absolute Gasteiger partial charge is 0.257 e. The molecule has 1 aliphatic heterocycles. The molecule has 1 aromatic heterocycles. The number of nitrogens with zero attached hydrogens (tertiary/aromatic N) is 3. The molecule has 1 saturated heterocycles. The van der Waals surface area contributed by atoms with E-state index in [1.54, 1.807) is 7.11 Å². The van der Waals surface area contributed by atoms with E-state index in [1.807, 2.05) is 30.3 Å². The van der Waals surface area contributed by atoms with E-state index in [-0.39, 0.29) is 5.91 Å². The van der Waals surface area contributed by atoms with Gasteiger partial charge in [-0.05, 0) is 43.4 Å². The van der Waals surface area contributed by atoms with Crippen molar-refractivity contribution in [1.29, 1.82) is 0 Å². The van der Waals surface area contributed by atoms with Gasteiger partial charge in [-0.3, -0.25) is 10.1 Å². The molecule has 3 aromatic rings. The van der Waals surface area contributed by atoms with Crippen LogP contribution in [0.15, 0.2) is 36.4 Å². The van der Waals surface area contributed by atoms with Gasteiger partial charge in [0.2, 0.25) is 0 Å². The number of anilines is 2. The maximum absolute atomic E-state index is 12.8. The number of amides is 1. The lowest BCUT2D eigenvalue weighted by Gasteiger charge is -2.29. The Morgan fingerprint density at radius 1 is 1.23 bits per heavy atom. The Hall–Kier alpha value is -2.68. The van der Waals surface area contributed by atoms with Crippen molar-refractivity contribution >= 4 is 38.3 Å². The second-order valence-corrected chi connectivity index (χ2v) is 8.56. The number of methoxy groups -OCH3 is 1. The van der Waals surface area contributed by atoms with E-state index in [1.165, 1.54) is 16.9 Å². The van der Waals surface area contributed by atoms with Gasteiger partial charge in [-0.1, -0.05) is 30.4 Å². The molecule has 1 fully saturated rings. The van der Waals surface area contributed by atoms with Crippen molar-refractivity contribution in [2.75, 3.05) is 57.2 Å². The molecule has 0 bridgehead atoms. The van der Waals surface area contributed by atoms with E-state index >= 15 is 0 Å². The van der Waals surface area contributed by atoms with Crippen molar-refractivity contribution in [3.8, 4) is 5.75 Å². The van der Waals surface area contributed by atoms with Crippen LogP contribution in [0.4, 0.5) is 10.8 Å². The van der Waals surface area contributed by atoms with Crippen LogP contribution >= 0.6 is 11.3 Å². The van der Waals surface area contributed by atoms with Crippen molar-refractivity contribution in [1.82, 2.24) is 9.88 Å². The highest BCUT2D eigenvalue weighted by atomic mass is 32.1. The molecule has 1 amide bonds. The molecule has 0 saturated carbocycles. The molecule has 7 nitrogen and oxygen atoms in total. The summed E-state index contributed by atoms with van der Waals surface area (Å²) in [5.74, 6) is 0.537. The lowest BCUT2D eigenvalue weighted by molar-refractivity contribution is 0.102. The van der Waals surface area contributed by atoms with Gasteiger partial charge in [0, 0.05) is 25.2 Å². The Labute approximate surface area is 186 Å². The lowest BCUT2D eigenvalue weighted by Crippen LogP contribution is -2.36. The maximum Gasteiger partial charge on any atom is 0.257 e. The zero-order valence-electron chi connectivity index (χ0n) is 18.2. The SMILES string of the molecule is CCN(C)Cc1ccc(C(=O)Nc2nc3c(OC)ccc(N4CCOCC4)c3s2)cc1.